The summed E-state index contributed by atoms with van der Waals surface area (Å²) < 4.78 is 13.1. The van der Waals surface area contributed by atoms with Crippen LogP contribution in [-0.4, -0.2) is 28.6 Å². The summed E-state index contributed by atoms with van der Waals surface area (Å²) in [4.78, 5) is 26.0. The molecule has 0 spiro atoms. The van der Waals surface area contributed by atoms with Gasteiger partial charge in [0.25, 0.3) is 0 Å². The second kappa shape index (κ2) is 7.90. The SMILES string of the molecule is CCCC(C)C(=O)Nc1nnc(C2CC(=O)N(c3ccc(F)cc3)C2)s1. The quantitative estimate of drug-likeness (QED) is 0.836. The third-order valence-electron chi connectivity index (χ3n) is 4.45. The Labute approximate surface area is 155 Å². The van der Waals surface area contributed by atoms with E-state index < -0.39 is 0 Å². The van der Waals surface area contributed by atoms with Gasteiger partial charge in [-0.1, -0.05) is 31.6 Å². The van der Waals surface area contributed by atoms with Gasteiger partial charge in [-0.05, 0) is 30.7 Å². The smallest absolute Gasteiger partial charge is 0.229 e. The van der Waals surface area contributed by atoms with Crippen molar-refractivity contribution in [2.24, 2.45) is 5.92 Å². The fraction of sp³-hybridized carbons (Fsp3) is 0.444. The van der Waals surface area contributed by atoms with Gasteiger partial charge >= 0.3 is 0 Å². The summed E-state index contributed by atoms with van der Waals surface area (Å²) in [5, 5.41) is 12.2. The molecule has 0 aliphatic carbocycles. The number of carbonyl (C=O) groups excluding carboxylic acids is 2. The summed E-state index contributed by atoms with van der Waals surface area (Å²) in [6.07, 6.45) is 2.09. The van der Waals surface area contributed by atoms with Gasteiger partial charge in [0.05, 0.1) is 0 Å². The highest BCUT2D eigenvalue weighted by molar-refractivity contribution is 7.15. The molecule has 1 aliphatic heterocycles. The van der Waals surface area contributed by atoms with Crippen molar-refractivity contribution in [3.63, 3.8) is 0 Å². The Hall–Kier alpha value is -2.35. The van der Waals surface area contributed by atoms with Crippen LogP contribution in [0.5, 0.6) is 0 Å². The molecule has 138 valence electrons. The third kappa shape index (κ3) is 4.07. The van der Waals surface area contributed by atoms with Crippen LogP contribution in [0.25, 0.3) is 0 Å². The molecule has 26 heavy (non-hydrogen) atoms. The average Bonchev–Trinajstić information content (AvgIpc) is 3.22. The van der Waals surface area contributed by atoms with E-state index in [2.05, 4.69) is 15.5 Å². The van der Waals surface area contributed by atoms with Gasteiger partial charge in [0.15, 0.2) is 0 Å². The lowest BCUT2D eigenvalue weighted by Gasteiger charge is -2.16. The zero-order valence-electron chi connectivity index (χ0n) is 14.7. The second-order valence-corrected chi connectivity index (χ2v) is 7.52. The topological polar surface area (TPSA) is 75.2 Å². The van der Waals surface area contributed by atoms with Gasteiger partial charge in [0.2, 0.25) is 16.9 Å². The average molecular weight is 376 g/mol. The number of carbonyl (C=O) groups is 2. The Balaban J connectivity index is 1.65. The highest BCUT2D eigenvalue weighted by Crippen LogP contribution is 2.34. The summed E-state index contributed by atoms with van der Waals surface area (Å²) in [5.41, 5.74) is 0.672. The largest absolute Gasteiger partial charge is 0.312 e. The minimum absolute atomic E-state index is 0.0287. The molecule has 0 saturated carbocycles. The van der Waals surface area contributed by atoms with E-state index >= 15 is 0 Å². The molecule has 1 fully saturated rings. The predicted octanol–water partition coefficient (Wildman–Crippen LogP) is 3.57. The number of hydrogen-bond donors (Lipinski definition) is 1. The van der Waals surface area contributed by atoms with Gasteiger partial charge < -0.3 is 10.2 Å². The maximum absolute atomic E-state index is 13.1. The molecule has 2 heterocycles. The Morgan fingerprint density at radius 1 is 1.38 bits per heavy atom. The van der Waals surface area contributed by atoms with Crippen molar-refractivity contribution in [2.45, 2.75) is 39.0 Å². The maximum Gasteiger partial charge on any atom is 0.229 e. The number of benzene rings is 1. The highest BCUT2D eigenvalue weighted by Gasteiger charge is 2.34. The first-order valence-corrected chi connectivity index (χ1v) is 9.49. The third-order valence-corrected chi connectivity index (χ3v) is 5.45. The van der Waals surface area contributed by atoms with Crippen LogP contribution < -0.4 is 10.2 Å². The van der Waals surface area contributed by atoms with E-state index in [0.717, 1.165) is 17.8 Å². The van der Waals surface area contributed by atoms with Crippen LogP contribution >= 0.6 is 11.3 Å². The second-order valence-electron chi connectivity index (χ2n) is 6.51. The molecule has 1 N–H and O–H groups in total. The van der Waals surface area contributed by atoms with E-state index in [1.807, 2.05) is 13.8 Å². The first kappa shape index (κ1) is 18.4. The summed E-state index contributed by atoms with van der Waals surface area (Å²) in [6.45, 7) is 4.40. The number of aromatic nitrogens is 2. The summed E-state index contributed by atoms with van der Waals surface area (Å²) in [5.74, 6) is -0.583. The normalized spacial score (nSPS) is 18.2. The lowest BCUT2D eigenvalue weighted by atomic mass is 10.1. The molecule has 1 aromatic carbocycles. The Morgan fingerprint density at radius 3 is 2.81 bits per heavy atom. The van der Waals surface area contributed by atoms with Crippen molar-refractivity contribution in [1.29, 1.82) is 0 Å². The van der Waals surface area contributed by atoms with E-state index in [0.29, 0.717) is 23.8 Å². The van der Waals surface area contributed by atoms with Crippen LogP contribution in [0.4, 0.5) is 15.2 Å². The number of hydrogen-bond acceptors (Lipinski definition) is 5. The van der Waals surface area contributed by atoms with Gasteiger partial charge in [0, 0.05) is 30.5 Å². The minimum atomic E-state index is -0.334. The molecule has 2 atom stereocenters. The van der Waals surface area contributed by atoms with Crippen molar-refractivity contribution in [3.8, 4) is 0 Å². The number of anilines is 2. The Kier molecular flexibility index (Phi) is 5.61. The van der Waals surface area contributed by atoms with Crippen LogP contribution in [0, 0.1) is 11.7 Å². The first-order chi connectivity index (χ1) is 12.5. The fourth-order valence-corrected chi connectivity index (χ4v) is 3.82. The molecule has 1 aromatic heterocycles. The summed E-state index contributed by atoms with van der Waals surface area (Å²) in [7, 11) is 0. The maximum atomic E-state index is 13.1. The number of halogens is 1. The van der Waals surface area contributed by atoms with Crippen LogP contribution in [0.3, 0.4) is 0 Å². The van der Waals surface area contributed by atoms with Gasteiger partial charge in [-0.25, -0.2) is 4.39 Å². The minimum Gasteiger partial charge on any atom is -0.312 e. The monoisotopic (exact) mass is 376 g/mol. The van der Waals surface area contributed by atoms with E-state index in [1.54, 1.807) is 17.0 Å². The first-order valence-electron chi connectivity index (χ1n) is 8.68. The molecule has 0 bridgehead atoms. The number of rotatable bonds is 6. The summed E-state index contributed by atoms with van der Waals surface area (Å²) >= 11 is 1.30. The molecule has 1 saturated heterocycles. The van der Waals surface area contributed by atoms with E-state index in [-0.39, 0.29) is 29.5 Å². The van der Waals surface area contributed by atoms with Crippen LogP contribution in [-0.2, 0) is 9.59 Å². The molecule has 8 heteroatoms. The van der Waals surface area contributed by atoms with Crippen LogP contribution in [0.2, 0.25) is 0 Å². The lowest BCUT2D eigenvalue weighted by Crippen LogP contribution is -2.24. The Bertz CT molecular complexity index is 793. The van der Waals surface area contributed by atoms with Gasteiger partial charge in [-0.2, -0.15) is 0 Å². The summed E-state index contributed by atoms with van der Waals surface area (Å²) in [6, 6.07) is 5.87. The molecule has 2 unspecified atom stereocenters. The van der Waals surface area contributed by atoms with Crippen LogP contribution in [0.15, 0.2) is 24.3 Å². The van der Waals surface area contributed by atoms with Gasteiger partial charge in [-0.3, -0.25) is 9.59 Å². The molecule has 6 nitrogen and oxygen atoms in total. The zero-order chi connectivity index (χ0) is 18.7. The van der Waals surface area contributed by atoms with Gasteiger partial charge in [-0.15, -0.1) is 10.2 Å². The van der Waals surface area contributed by atoms with Crippen molar-refractivity contribution < 1.29 is 14.0 Å². The molecule has 2 aromatic rings. The van der Waals surface area contributed by atoms with Crippen molar-refractivity contribution in [3.05, 3.63) is 35.1 Å². The number of nitrogens with one attached hydrogen (secondary N) is 1. The highest BCUT2D eigenvalue weighted by atomic mass is 32.1. The number of nitrogens with zero attached hydrogens (tertiary/aromatic N) is 3. The van der Waals surface area contributed by atoms with Crippen molar-refractivity contribution in [2.75, 3.05) is 16.8 Å². The molecule has 1 aliphatic rings. The van der Waals surface area contributed by atoms with Crippen molar-refractivity contribution in [1.82, 2.24) is 10.2 Å². The fourth-order valence-electron chi connectivity index (χ4n) is 2.99. The standard InChI is InChI=1S/C18H21FN4O2S/c1-3-4-11(2)16(25)20-18-22-21-17(26-18)12-9-15(24)23(10-12)14-7-5-13(19)6-8-14/h5-8,11-12H,3-4,9-10H2,1-2H3,(H,20,22,25). The predicted molar refractivity (Wildman–Crippen MR) is 98.7 cm³/mol. The van der Waals surface area contributed by atoms with E-state index in [1.165, 1.54) is 23.5 Å². The van der Waals surface area contributed by atoms with Crippen molar-refractivity contribution >= 4 is 34.0 Å². The lowest BCUT2D eigenvalue weighted by molar-refractivity contribution is -0.119. The molecule has 2 amide bonds. The Morgan fingerprint density at radius 2 is 2.12 bits per heavy atom. The zero-order valence-corrected chi connectivity index (χ0v) is 15.6. The van der Waals surface area contributed by atoms with Gasteiger partial charge in [0.1, 0.15) is 10.8 Å². The number of amides is 2. The molecular formula is C18H21FN4O2S. The molecule has 0 radical (unpaired) electrons. The van der Waals surface area contributed by atoms with E-state index in [4.69, 9.17) is 0 Å². The van der Waals surface area contributed by atoms with E-state index in [9.17, 15) is 14.0 Å². The molecular weight excluding hydrogens is 355 g/mol. The van der Waals surface area contributed by atoms with Crippen LogP contribution in [0.1, 0.15) is 44.0 Å². The molecule has 3 rings (SSSR count).